The van der Waals surface area contributed by atoms with Crippen molar-refractivity contribution in [2.45, 2.75) is 161 Å². The van der Waals surface area contributed by atoms with Gasteiger partial charge in [-0.3, -0.25) is 0 Å². The topological polar surface area (TPSA) is 27.7 Å². The Labute approximate surface area is 429 Å². The van der Waals surface area contributed by atoms with Crippen LogP contribution in [0.4, 0.5) is 0 Å². The summed E-state index contributed by atoms with van der Waals surface area (Å²) in [4.78, 5) is 0. The van der Waals surface area contributed by atoms with Gasteiger partial charge in [-0.15, -0.1) is 0 Å². The molecule has 0 aliphatic heterocycles. The average molecular weight is 949 g/mol. The molecule has 0 saturated carbocycles. The smallest absolute Gasteiger partial charge is 0.119 e. The molecule has 6 aromatic carbocycles. The van der Waals surface area contributed by atoms with Gasteiger partial charge in [0.05, 0.1) is 32.8 Å². The van der Waals surface area contributed by atoms with E-state index < -0.39 is 0 Å². The lowest BCUT2D eigenvalue weighted by Crippen LogP contribution is -2.25. The van der Waals surface area contributed by atoms with E-state index in [4.69, 9.17) is 14.2 Å². The highest BCUT2D eigenvalue weighted by molar-refractivity contribution is 5.86. The van der Waals surface area contributed by atoms with Gasteiger partial charge in [-0.1, -0.05) is 225 Å². The van der Waals surface area contributed by atoms with Crippen molar-refractivity contribution in [1.29, 1.82) is 0 Å². The van der Waals surface area contributed by atoms with Crippen molar-refractivity contribution >= 4 is 0 Å². The molecule has 0 amide bonds. The highest BCUT2D eigenvalue weighted by Crippen LogP contribution is 2.56. The van der Waals surface area contributed by atoms with Gasteiger partial charge in [0.2, 0.25) is 0 Å². The molecule has 0 fully saturated rings. The van der Waals surface area contributed by atoms with Crippen LogP contribution in [0.15, 0.2) is 158 Å². The number of unbranched alkanes of at least 4 members (excludes halogenated alkanes) is 15. The molecule has 0 bridgehead atoms. The van der Waals surface area contributed by atoms with E-state index in [1.807, 2.05) is 12.3 Å². The molecule has 0 N–H and O–H groups in total. The Bertz CT molecular complexity index is 2490. The zero-order valence-corrected chi connectivity index (χ0v) is 44.0. The van der Waals surface area contributed by atoms with E-state index in [-0.39, 0.29) is 5.41 Å². The number of hydrogen-bond acceptors (Lipinski definition) is 3. The molecule has 7 rings (SSSR count). The Balaban J connectivity index is 1.03. The van der Waals surface area contributed by atoms with E-state index >= 15 is 0 Å². The van der Waals surface area contributed by atoms with Crippen molar-refractivity contribution in [2.75, 3.05) is 20.3 Å². The minimum Gasteiger partial charge on any atom is -0.505 e. The molecule has 0 spiro atoms. The summed E-state index contributed by atoms with van der Waals surface area (Å²) in [5.74, 6) is 0.941. The lowest BCUT2D eigenvalue weighted by Gasteiger charge is -2.33. The molecular weight excluding hydrogens is 865 g/mol. The first-order chi connectivity index (χ1) is 35.0. The van der Waals surface area contributed by atoms with Crippen LogP contribution in [0, 0.1) is 6.92 Å². The molecule has 0 radical (unpaired) electrons. The molecule has 0 heterocycles. The molecule has 0 unspecified atom stereocenters. The monoisotopic (exact) mass is 949 g/mol. The molecule has 3 nitrogen and oxygen atoms in total. The maximum absolute atomic E-state index is 6.16. The van der Waals surface area contributed by atoms with Crippen LogP contribution in [0.1, 0.15) is 165 Å². The number of aryl methyl sites for hydroxylation is 1. The van der Waals surface area contributed by atoms with Gasteiger partial charge in [-0.25, -0.2) is 0 Å². The van der Waals surface area contributed by atoms with Crippen molar-refractivity contribution in [3.05, 3.63) is 175 Å². The molecule has 0 aromatic heterocycles. The summed E-state index contributed by atoms with van der Waals surface area (Å²) >= 11 is 0. The number of hydrogen-bond donors (Lipinski definition) is 0. The van der Waals surface area contributed by atoms with Gasteiger partial charge in [0.1, 0.15) is 5.75 Å². The molecule has 71 heavy (non-hydrogen) atoms. The number of fused-ring (bicyclic) bond motifs is 3. The summed E-state index contributed by atoms with van der Waals surface area (Å²) in [6.07, 6.45) is 33.5. The highest BCUT2D eigenvalue weighted by atomic mass is 16.5. The summed E-state index contributed by atoms with van der Waals surface area (Å²) in [5, 5.41) is 0. The van der Waals surface area contributed by atoms with Crippen LogP contribution in [-0.4, -0.2) is 20.3 Å². The van der Waals surface area contributed by atoms with Gasteiger partial charge in [-0.05, 0) is 149 Å². The van der Waals surface area contributed by atoms with E-state index in [9.17, 15) is 0 Å². The molecule has 0 atom stereocenters. The van der Waals surface area contributed by atoms with E-state index in [0.717, 1.165) is 44.6 Å². The van der Waals surface area contributed by atoms with Crippen LogP contribution in [0.2, 0.25) is 0 Å². The first kappa shape index (κ1) is 53.0. The molecule has 374 valence electrons. The van der Waals surface area contributed by atoms with E-state index in [2.05, 4.69) is 160 Å². The molecule has 0 saturated heterocycles. The first-order valence-electron chi connectivity index (χ1n) is 27.8. The molecule has 6 aromatic rings. The van der Waals surface area contributed by atoms with Crippen LogP contribution < -0.4 is 4.74 Å². The van der Waals surface area contributed by atoms with E-state index in [1.165, 1.54) is 170 Å². The standard InChI is InChI=1S/C68H84O3/c1-5-7-9-11-14-20-46-68(47-21-15-12-10-8-6-2)66-52-61(59-34-30-56(31-35-59)55-28-26-54(3)27-29-55)40-44-64(66)65-45-41-62(53-67(65)68)60-36-32-57(33-37-60)58-38-42-63(43-39-58)71-51-25-17-13-16-23-49-70-50-24-19-18-22-48-69-4/h22,24,26-45,48,50,52-53H,5-21,23,25,46-47,49,51H2,1-4H3. The van der Waals surface area contributed by atoms with Crippen molar-refractivity contribution in [1.82, 2.24) is 0 Å². The minimum atomic E-state index is -0.00631. The van der Waals surface area contributed by atoms with Gasteiger partial charge in [-0.2, -0.15) is 0 Å². The Kier molecular flexibility index (Phi) is 21.6. The second kappa shape index (κ2) is 28.9. The van der Waals surface area contributed by atoms with Crippen molar-refractivity contribution in [3.8, 4) is 61.4 Å². The zero-order valence-electron chi connectivity index (χ0n) is 44.0. The number of rotatable bonds is 32. The summed E-state index contributed by atoms with van der Waals surface area (Å²) in [6.45, 7) is 8.34. The predicted octanol–water partition coefficient (Wildman–Crippen LogP) is 20.2. The first-order valence-corrected chi connectivity index (χ1v) is 27.8. The van der Waals surface area contributed by atoms with Crippen LogP contribution in [0.25, 0.3) is 55.6 Å². The maximum atomic E-state index is 6.16. The number of benzene rings is 6. The Hall–Kier alpha value is -5.80. The van der Waals surface area contributed by atoms with Gasteiger partial charge in [0.15, 0.2) is 0 Å². The average Bonchev–Trinajstić information content (AvgIpc) is 3.67. The molecule has 3 heteroatoms. The second-order valence-corrected chi connectivity index (χ2v) is 20.2. The third-order valence-electron chi connectivity index (χ3n) is 14.9. The Morgan fingerprint density at radius 2 is 0.775 bits per heavy atom. The summed E-state index contributed by atoms with van der Waals surface area (Å²) < 4.78 is 16.7. The Morgan fingerprint density at radius 1 is 0.394 bits per heavy atom. The zero-order chi connectivity index (χ0) is 49.4. The van der Waals surface area contributed by atoms with Crippen LogP contribution >= 0.6 is 0 Å². The normalized spacial score (nSPS) is 12.7. The van der Waals surface area contributed by atoms with Gasteiger partial charge in [0, 0.05) is 5.41 Å². The molecule has 1 aliphatic rings. The molecule has 1 aliphatic carbocycles. The van der Waals surface area contributed by atoms with E-state index in [1.54, 1.807) is 24.5 Å². The SMILES string of the molecule is CCCCCCCCC1(CCCCCCCC)c2cc(-c3ccc(-c4ccc(C)cc4)cc3)ccc2-c2ccc(-c3ccc(-c4ccc(OCCCCCCCOC=CCCC=COC)cc4)cc3)cc21. The van der Waals surface area contributed by atoms with Crippen LogP contribution in [-0.2, 0) is 14.9 Å². The quantitative estimate of drug-likeness (QED) is 0.0311. The highest BCUT2D eigenvalue weighted by Gasteiger charge is 2.42. The van der Waals surface area contributed by atoms with Gasteiger partial charge >= 0.3 is 0 Å². The number of methoxy groups -OCH3 is 1. The predicted molar refractivity (Wildman–Crippen MR) is 304 cm³/mol. The van der Waals surface area contributed by atoms with Crippen LogP contribution in [0.3, 0.4) is 0 Å². The fraction of sp³-hybridized carbons (Fsp3) is 0.412. The summed E-state index contributed by atoms with van der Waals surface area (Å²) in [5.41, 5.74) is 17.5. The molecular formula is C68H84O3. The number of ether oxygens (including phenoxy) is 3. The van der Waals surface area contributed by atoms with Crippen molar-refractivity contribution in [2.24, 2.45) is 0 Å². The minimum absolute atomic E-state index is 0.00631. The lowest BCUT2D eigenvalue weighted by atomic mass is 9.70. The summed E-state index contributed by atoms with van der Waals surface area (Å²) in [6, 6.07) is 51.0. The van der Waals surface area contributed by atoms with Crippen LogP contribution in [0.5, 0.6) is 5.75 Å². The largest absolute Gasteiger partial charge is 0.505 e. The fourth-order valence-electron chi connectivity index (χ4n) is 10.7. The van der Waals surface area contributed by atoms with Gasteiger partial charge < -0.3 is 14.2 Å². The van der Waals surface area contributed by atoms with Crippen molar-refractivity contribution < 1.29 is 14.2 Å². The third-order valence-corrected chi connectivity index (χ3v) is 14.9. The van der Waals surface area contributed by atoms with Crippen molar-refractivity contribution in [3.63, 3.8) is 0 Å². The second-order valence-electron chi connectivity index (χ2n) is 20.2. The number of allylic oxidation sites excluding steroid dienone is 2. The summed E-state index contributed by atoms with van der Waals surface area (Å²) in [7, 11) is 1.67. The van der Waals surface area contributed by atoms with Gasteiger partial charge in [0.25, 0.3) is 0 Å². The van der Waals surface area contributed by atoms with E-state index in [0.29, 0.717) is 0 Å². The Morgan fingerprint density at radius 3 is 1.25 bits per heavy atom. The lowest BCUT2D eigenvalue weighted by molar-refractivity contribution is 0.238. The fourth-order valence-corrected chi connectivity index (χ4v) is 10.7. The maximum Gasteiger partial charge on any atom is 0.119 e. The third kappa shape index (κ3) is 15.4.